The van der Waals surface area contributed by atoms with Crippen LogP contribution < -0.4 is 0 Å². The predicted octanol–water partition coefficient (Wildman–Crippen LogP) is 3.51. The molecule has 6 heteroatoms. The predicted molar refractivity (Wildman–Crippen MR) is 62.3 cm³/mol. The summed E-state index contributed by atoms with van der Waals surface area (Å²) in [7, 11) is 0. The van der Waals surface area contributed by atoms with E-state index < -0.39 is 17.0 Å². The molecule has 0 aliphatic heterocycles. The molecule has 98 valence electrons. The molecule has 1 aromatic rings. The third-order valence-electron chi connectivity index (χ3n) is 2.98. The number of carboxylic acids is 1. The fourth-order valence-electron chi connectivity index (χ4n) is 1.98. The lowest BCUT2D eigenvalue weighted by Gasteiger charge is -2.14. The summed E-state index contributed by atoms with van der Waals surface area (Å²) in [5, 5.41) is 5.62. The van der Waals surface area contributed by atoms with Gasteiger partial charge in [-0.3, -0.25) is 0 Å². The Bertz CT molecular complexity index is 496. The molecule has 0 amide bonds. The molecule has 1 N–H and O–H groups in total. The van der Waals surface area contributed by atoms with E-state index in [1.54, 1.807) is 6.92 Å². The number of alkyl halides is 3. The largest absolute Gasteiger partial charge is 0.478 e. The molecule has 0 unspecified atom stereocenters. The molecule has 1 saturated carbocycles. The van der Waals surface area contributed by atoms with Crippen LogP contribution in [0.1, 0.15) is 53.0 Å². The molecule has 0 bridgehead atoms. The second-order valence-electron chi connectivity index (χ2n) is 4.35. The van der Waals surface area contributed by atoms with Crippen molar-refractivity contribution >= 4 is 17.6 Å². The summed E-state index contributed by atoms with van der Waals surface area (Å²) in [6, 6.07) is 1.13. The van der Waals surface area contributed by atoms with Crippen molar-refractivity contribution in [3.8, 4) is 0 Å². The van der Waals surface area contributed by atoms with Crippen LogP contribution in [0.2, 0.25) is 0 Å². The number of aromatic nitrogens is 1. The van der Waals surface area contributed by atoms with E-state index in [4.69, 9.17) is 11.6 Å². The molecule has 2 rings (SSSR count). The molecule has 0 spiro atoms. The van der Waals surface area contributed by atoms with Gasteiger partial charge in [-0.25, -0.2) is 9.78 Å². The molecule has 0 aromatic carbocycles. The number of carbonyl (C=O) groups is 1. The zero-order chi connectivity index (χ0) is 13.5. The number of nitrogens with zero attached hydrogens (tertiary/aromatic N) is 1. The Hall–Kier alpha value is -1.23. The summed E-state index contributed by atoms with van der Waals surface area (Å²) in [6.07, 6.45) is 1.92. The molecule has 1 aromatic heterocycles. The van der Waals surface area contributed by atoms with E-state index in [0.29, 0.717) is 5.56 Å². The summed E-state index contributed by atoms with van der Waals surface area (Å²) < 4.78 is 26.2. The zero-order valence-electron chi connectivity index (χ0n) is 9.71. The van der Waals surface area contributed by atoms with E-state index in [1.165, 1.54) is 0 Å². The van der Waals surface area contributed by atoms with Crippen molar-refractivity contribution in [2.24, 2.45) is 0 Å². The number of hydrogen-bond acceptors (Lipinski definition) is 2. The summed E-state index contributed by atoms with van der Waals surface area (Å²) in [5.74, 6) is -1.08. The molecule has 0 saturated heterocycles. The monoisotopic (exact) mass is 275 g/mol. The number of pyridine rings is 1. The second-order valence-corrected chi connectivity index (χ2v) is 4.82. The molecule has 18 heavy (non-hydrogen) atoms. The van der Waals surface area contributed by atoms with E-state index in [0.717, 1.165) is 18.9 Å². The first-order valence-corrected chi connectivity index (χ1v) is 6.06. The Kier molecular flexibility index (Phi) is 3.27. The van der Waals surface area contributed by atoms with Crippen molar-refractivity contribution in [3.63, 3.8) is 0 Å². The van der Waals surface area contributed by atoms with Crippen LogP contribution in [0.5, 0.6) is 0 Å². The highest BCUT2D eigenvalue weighted by Crippen LogP contribution is 2.44. The number of carboxylic acid groups (broad SMARTS) is 1. The van der Waals surface area contributed by atoms with Crippen molar-refractivity contribution in [3.05, 3.63) is 28.6 Å². The molecule has 0 radical (unpaired) electrons. The Balaban J connectivity index is 2.63. The van der Waals surface area contributed by atoms with Gasteiger partial charge in [-0.1, -0.05) is 6.92 Å². The Morgan fingerprint density at radius 1 is 1.61 bits per heavy atom. The maximum absolute atomic E-state index is 13.1. The number of aromatic carboxylic acids is 1. The summed E-state index contributed by atoms with van der Waals surface area (Å²) >= 11 is 4.97. The van der Waals surface area contributed by atoms with E-state index in [9.17, 15) is 18.7 Å². The normalized spacial score (nSPS) is 15.8. The highest BCUT2D eigenvalue weighted by Gasteiger charge is 2.36. The first-order chi connectivity index (χ1) is 8.34. The van der Waals surface area contributed by atoms with E-state index >= 15 is 0 Å². The molecule has 1 aliphatic rings. The van der Waals surface area contributed by atoms with Crippen LogP contribution in [0.25, 0.3) is 0 Å². The van der Waals surface area contributed by atoms with Gasteiger partial charge < -0.3 is 5.11 Å². The van der Waals surface area contributed by atoms with Gasteiger partial charge in [0.15, 0.2) is 0 Å². The minimum atomic E-state index is -3.56. The van der Waals surface area contributed by atoms with Gasteiger partial charge in [-0.15, -0.1) is 0 Å². The Labute approximate surface area is 108 Å². The number of aryl methyl sites for hydroxylation is 1. The van der Waals surface area contributed by atoms with Crippen LogP contribution in [-0.4, -0.2) is 16.1 Å². The molecular formula is C12H12ClF2NO2. The van der Waals surface area contributed by atoms with Crippen LogP contribution in [-0.2, 0) is 11.8 Å². The van der Waals surface area contributed by atoms with Crippen LogP contribution >= 0.6 is 11.6 Å². The van der Waals surface area contributed by atoms with Crippen molar-refractivity contribution in [2.75, 3.05) is 0 Å². The number of rotatable bonds is 4. The number of halogens is 3. The molecule has 3 nitrogen and oxygen atoms in total. The van der Waals surface area contributed by atoms with Gasteiger partial charge in [0.2, 0.25) is 0 Å². The topological polar surface area (TPSA) is 50.2 Å². The van der Waals surface area contributed by atoms with Gasteiger partial charge in [0.25, 0.3) is 0 Å². The average molecular weight is 276 g/mol. The van der Waals surface area contributed by atoms with Gasteiger partial charge >= 0.3 is 11.4 Å². The first kappa shape index (κ1) is 13.2. The fraction of sp³-hybridized carbons (Fsp3) is 0.500. The van der Waals surface area contributed by atoms with Crippen molar-refractivity contribution < 1.29 is 18.7 Å². The SMILES string of the molecule is CCc1nc(C(F)(F)Cl)cc(C2CC2)c1C(=O)O. The van der Waals surface area contributed by atoms with Gasteiger partial charge in [-0.05, 0) is 48.4 Å². The lowest BCUT2D eigenvalue weighted by atomic mass is 9.99. The number of hydrogen-bond donors (Lipinski definition) is 1. The van der Waals surface area contributed by atoms with Crippen LogP contribution in [0.4, 0.5) is 8.78 Å². The van der Waals surface area contributed by atoms with Gasteiger partial charge in [-0.2, -0.15) is 8.78 Å². The molecule has 1 fully saturated rings. The van der Waals surface area contributed by atoms with E-state index in [1.807, 2.05) is 0 Å². The third-order valence-corrected chi connectivity index (χ3v) is 3.17. The highest BCUT2D eigenvalue weighted by molar-refractivity contribution is 6.21. The molecule has 1 heterocycles. The van der Waals surface area contributed by atoms with Crippen LogP contribution in [0.15, 0.2) is 6.07 Å². The first-order valence-electron chi connectivity index (χ1n) is 5.69. The highest BCUT2D eigenvalue weighted by atomic mass is 35.5. The van der Waals surface area contributed by atoms with Crippen molar-refractivity contribution in [1.29, 1.82) is 0 Å². The maximum Gasteiger partial charge on any atom is 0.364 e. The quantitative estimate of drug-likeness (QED) is 0.856. The standard InChI is InChI=1S/C12H12ClF2NO2/c1-2-8-10(11(17)18)7(6-3-4-6)5-9(16-8)12(13,14)15/h5-6H,2-4H2,1H3,(H,17,18). The van der Waals surface area contributed by atoms with Gasteiger partial charge in [0.05, 0.1) is 11.3 Å². The lowest BCUT2D eigenvalue weighted by Crippen LogP contribution is -2.15. The molecular weight excluding hydrogens is 264 g/mol. The summed E-state index contributed by atoms with van der Waals surface area (Å²) in [4.78, 5) is 14.9. The smallest absolute Gasteiger partial charge is 0.364 e. The molecule has 0 atom stereocenters. The Morgan fingerprint density at radius 3 is 2.61 bits per heavy atom. The van der Waals surface area contributed by atoms with Gasteiger partial charge in [0.1, 0.15) is 5.69 Å². The Morgan fingerprint density at radius 2 is 2.22 bits per heavy atom. The molecule has 1 aliphatic carbocycles. The summed E-state index contributed by atoms with van der Waals surface area (Å²) in [6.45, 7) is 1.68. The van der Waals surface area contributed by atoms with Crippen LogP contribution in [0.3, 0.4) is 0 Å². The van der Waals surface area contributed by atoms with Gasteiger partial charge in [0, 0.05) is 0 Å². The minimum absolute atomic E-state index is 0.0437. The van der Waals surface area contributed by atoms with Crippen molar-refractivity contribution in [1.82, 2.24) is 4.98 Å². The average Bonchev–Trinajstić information content (AvgIpc) is 3.09. The van der Waals surface area contributed by atoms with E-state index in [2.05, 4.69) is 4.98 Å². The lowest BCUT2D eigenvalue weighted by molar-refractivity contribution is 0.0690. The second kappa shape index (κ2) is 4.46. The fourth-order valence-corrected chi connectivity index (χ4v) is 2.08. The maximum atomic E-state index is 13.1. The van der Waals surface area contributed by atoms with Crippen molar-refractivity contribution in [2.45, 2.75) is 37.5 Å². The summed E-state index contributed by atoms with van der Waals surface area (Å²) in [5.41, 5.74) is 0.101. The zero-order valence-corrected chi connectivity index (χ0v) is 10.5. The minimum Gasteiger partial charge on any atom is -0.478 e. The third kappa shape index (κ3) is 2.46. The van der Waals surface area contributed by atoms with E-state index in [-0.39, 0.29) is 23.6 Å². The van der Waals surface area contributed by atoms with Crippen LogP contribution in [0, 0.1) is 0 Å².